The first-order chi connectivity index (χ1) is 20.5. The van der Waals surface area contributed by atoms with Crippen LogP contribution in [-0.2, 0) is 21.4 Å². The second-order valence-electron chi connectivity index (χ2n) is 12.5. The molecule has 0 saturated heterocycles. The molecule has 1 heterocycles. The average molecular weight is 599 g/mol. The molecule has 0 bridgehead atoms. The number of anilines is 1. The highest BCUT2D eigenvalue weighted by Gasteiger charge is 2.54. The van der Waals surface area contributed by atoms with Crippen LogP contribution in [0.5, 0.6) is 0 Å². The van der Waals surface area contributed by atoms with Crippen LogP contribution in [0.25, 0.3) is 11.0 Å². The largest absolute Gasteiger partial charge is 0.453 e. The zero-order valence-electron chi connectivity index (χ0n) is 25.7. The number of carbonyl (C=O) groups excluding carboxylic acids is 2. The van der Waals surface area contributed by atoms with Crippen LogP contribution >= 0.6 is 11.8 Å². The maximum Gasteiger partial charge on any atom is 0.413 e. The smallest absolute Gasteiger partial charge is 0.413 e. The van der Waals surface area contributed by atoms with Crippen molar-refractivity contribution in [3.05, 3.63) is 83.4 Å². The quantitative estimate of drug-likeness (QED) is 0.214. The van der Waals surface area contributed by atoms with Gasteiger partial charge in [0.2, 0.25) is 11.9 Å². The van der Waals surface area contributed by atoms with Crippen LogP contribution in [0.2, 0.25) is 0 Å². The normalized spacial score (nSPS) is 22.6. The van der Waals surface area contributed by atoms with Crippen molar-refractivity contribution < 1.29 is 14.3 Å². The molecule has 2 amide bonds. The van der Waals surface area contributed by atoms with Gasteiger partial charge in [-0.15, -0.1) is 0 Å². The Balaban J connectivity index is 0.000000171. The highest BCUT2D eigenvalue weighted by molar-refractivity contribution is 7.99. The van der Waals surface area contributed by atoms with Gasteiger partial charge in [-0.25, -0.2) is 9.78 Å². The van der Waals surface area contributed by atoms with Crippen LogP contribution in [0.1, 0.15) is 76.0 Å². The highest BCUT2D eigenvalue weighted by Crippen LogP contribution is 2.57. The third kappa shape index (κ3) is 6.30. The van der Waals surface area contributed by atoms with Gasteiger partial charge < -0.3 is 15.5 Å². The van der Waals surface area contributed by atoms with Gasteiger partial charge in [0.1, 0.15) is 0 Å². The number of fused-ring (bicyclic) bond motifs is 4. The molecule has 1 saturated carbocycles. The highest BCUT2D eigenvalue weighted by atomic mass is 32.2. The zero-order chi connectivity index (χ0) is 30.8. The lowest BCUT2D eigenvalue weighted by Gasteiger charge is -2.54. The number of nitrogens with one attached hydrogen (secondary N) is 2. The molecule has 1 fully saturated rings. The van der Waals surface area contributed by atoms with Gasteiger partial charge >= 0.3 is 6.09 Å². The van der Waals surface area contributed by atoms with Gasteiger partial charge in [-0.3, -0.25) is 10.1 Å². The number of imidazole rings is 1. The standard InChI is InChI=1S/C20H29NO.C15H13N3O2S/c1-13(2)14-6-8-16-15(12-14)7-9-17-19(16,3)10-5-11-20(17,4)18(21)22;1-20-15(19)18-14-16-12-8-7-11(9-13(12)17-14)21-10-5-3-2-4-6-10/h6,8,12-13,17H,5,7,9-11H2,1-4H3,(H2,21,22);2-9H,1H3,(H2,16,17,18,19). The number of ether oxygens (including phenoxy) is 1. The van der Waals surface area contributed by atoms with Crippen LogP contribution in [0, 0.1) is 11.3 Å². The molecule has 226 valence electrons. The van der Waals surface area contributed by atoms with Gasteiger partial charge in [0.15, 0.2) is 0 Å². The summed E-state index contributed by atoms with van der Waals surface area (Å²) in [5.74, 6) is 1.21. The summed E-state index contributed by atoms with van der Waals surface area (Å²) in [7, 11) is 1.31. The van der Waals surface area contributed by atoms with Crippen LogP contribution in [0.3, 0.4) is 0 Å². The summed E-state index contributed by atoms with van der Waals surface area (Å²) in [6.45, 7) is 8.97. The third-order valence-electron chi connectivity index (χ3n) is 9.45. The van der Waals surface area contributed by atoms with Crippen LogP contribution in [0.4, 0.5) is 10.7 Å². The second-order valence-corrected chi connectivity index (χ2v) is 13.7. The van der Waals surface area contributed by atoms with Crippen molar-refractivity contribution in [3.8, 4) is 0 Å². The Kier molecular flexibility index (Phi) is 8.88. The summed E-state index contributed by atoms with van der Waals surface area (Å²) in [5.41, 5.74) is 11.6. The molecule has 6 rings (SSSR count). The van der Waals surface area contributed by atoms with Crippen molar-refractivity contribution in [2.75, 3.05) is 12.4 Å². The number of amides is 2. The predicted octanol–water partition coefficient (Wildman–Crippen LogP) is 8.20. The topological polar surface area (TPSA) is 110 Å². The minimum absolute atomic E-state index is 0.102. The van der Waals surface area contributed by atoms with Crippen molar-refractivity contribution >= 4 is 40.7 Å². The van der Waals surface area contributed by atoms with Gasteiger partial charge in [0, 0.05) is 15.2 Å². The maximum atomic E-state index is 12.2. The van der Waals surface area contributed by atoms with E-state index in [0.29, 0.717) is 17.8 Å². The third-order valence-corrected chi connectivity index (χ3v) is 10.4. The number of carbonyl (C=O) groups is 2. The van der Waals surface area contributed by atoms with E-state index in [4.69, 9.17) is 5.73 Å². The lowest BCUT2D eigenvalue weighted by atomic mass is 9.49. The number of nitrogens with zero attached hydrogens (tertiary/aromatic N) is 1. The molecule has 3 atom stereocenters. The van der Waals surface area contributed by atoms with Crippen LogP contribution in [0.15, 0.2) is 76.5 Å². The van der Waals surface area contributed by atoms with E-state index >= 15 is 0 Å². The molecule has 3 unspecified atom stereocenters. The fourth-order valence-corrected chi connectivity index (χ4v) is 7.93. The first-order valence-corrected chi connectivity index (χ1v) is 15.9. The summed E-state index contributed by atoms with van der Waals surface area (Å²) < 4.78 is 4.54. The van der Waals surface area contributed by atoms with E-state index in [2.05, 4.69) is 78.0 Å². The van der Waals surface area contributed by atoms with Crippen molar-refractivity contribution in [2.24, 2.45) is 17.1 Å². The monoisotopic (exact) mass is 598 g/mol. The Hall–Kier alpha value is -3.78. The lowest BCUT2D eigenvalue weighted by Crippen LogP contribution is -2.54. The average Bonchev–Trinajstić information content (AvgIpc) is 3.39. The molecule has 2 aliphatic rings. The Morgan fingerprint density at radius 1 is 1.05 bits per heavy atom. The Morgan fingerprint density at radius 2 is 1.81 bits per heavy atom. The predicted molar refractivity (Wildman–Crippen MR) is 174 cm³/mol. The molecule has 0 radical (unpaired) electrons. The summed E-state index contributed by atoms with van der Waals surface area (Å²) in [6, 6.07) is 23.1. The Labute approximate surface area is 258 Å². The van der Waals surface area contributed by atoms with E-state index in [1.165, 1.54) is 35.1 Å². The summed E-state index contributed by atoms with van der Waals surface area (Å²) in [6.07, 6.45) is 4.84. The second kappa shape index (κ2) is 12.4. The van der Waals surface area contributed by atoms with E-state index in [9.17, 15) is 9.59 Å². The van der Waals surface area contributed by atoms with E-state index in [0.717, 1.165) is 41.6 Å². The number of hydrogen-bond acceptors (Lipinski definition) is 5. The molecule has 0 aliphatic heterocycles. The summed E-state index contributed by atoms with van der Waals surface area (Å²) in [5, 5.41) is 2.52. The number of primary amides is 1. The molecule has 4 aromatic rings. The fraction of sp³-hybridized carbons (Fsp3) is 0.400. The number of methoxy groups -OCH3 is 1. The SMILES string of the molecule is CC(C)c1ccc2c(c1)CCC1C(C)(C(N)=O)CCCC21C.COC(=O)Nc1nc2ccc(Sc3ccccc3)cc2[nH]1. The van der Waals surface area contributed by atoms with Gasteiger partial charge in [0.05, 0.1) is 18.1 Å². The lowest BCUT2D eigenvalue weighted by molar-refractivity contribution is -0.135. The van der Waals surface area contributed by atoms with Gasteiger partial charge in [-0.05, 0) is 90.0 Å². The minimum atomic E-state index is -0.548. The number of aryl methyl sites for hydroxylation is 1. The molecule has 43 heavy (non-hydrogen) atoms. The van der Waals surface area contributed by atoms with Crippen LogP contribution in [-0.4, -0.2) is 29.1 Å². The number of H-pyrrole nitrogens is 1. The van der Waals surface area contributed by atoms with Crippen molar-refractivity contribution in [1.29, 1.82) is 0 Å². The molecule has 2 aliphatic carbocycles. The molecule has 4 N–H and O–H groups in total. The number of nitrogens with two attached hydrogens (primary N) is 1. The maximum absolute atomic E-state index is 12.2. The Bertz CT molecular complexity index is 1620. The molecule has 1 aromatic heterocycles. The van der Waals surface area contributed by atoms with Gasteiger partial charge in [-0.1, -0.05) is 82.3 Å². The molecule has 3 aromatic carbocycles. The van der Waals surface area contributed by atoms with E-state index in [1.807, 2.05) is 36.4 Å². The number of benzene rings is 3. The number of aromatic nitrogens is 2. The van der Waals surface area contributed by atoms with Crippen molar-refractivity contribution in [2.45, 2.75) is 80.9 Å². The Morgan fingerprint density at radius 3 is 2.51 bits per heavy atom. The van der Waals surface area contributed by atoms with Gasteiger partial charge in [-0.2, -0.15) is 0 Å². The first kappa shape index (κ1) is 30.7. The number of aromatic amines is 1. The van der Waals surface area contributed by atoms with Crippen LogP contribution < -0.4 is 11.1 Å². The van der Waals surface area contributed by atoms with E-state index in [1.54, 1.807) is 11.8 Å². The molecular weight excluding hydrogens is 556 g/mol. The molecule has 8 heteroatoms. The van der Waals surface area contributed by atoms with Crippen molar-refractivity contribution in [3.63, 3.8) is 0 Å². The number of rotatable bonds is 5. The summed E-state index contributed by atoms with van der Waals surface area (Å²) >= 11 is 1.67. The van der Waals surface area contributed by atoms with E-state index in [-0.39, 0.29) is 16.7 Å². The molecule has 0 spiro atoms. The zero-order valence-corrected chi connectivity index (χ0v) is 26.5. The molecular formula is C35H42N4O3S. The number of hydrogen-bond donors (Lipinski definition) is 3. The fourth-order valence-electron chi connectivity index (χ4n) is 7.05. The summed E-state index contributed by atoms with van der Waals surface area (Å²) in [4.78, 5) is 32.9. The first-order valence-electron chi connectivity index (χ1n) is 15.0. The van der Waals surface area contributed by atoms with Crippen molar-refractivity contribution in [1.82, 2.24) is 9.97 Å². The molecule has 7 nitrogen and oxygen atoms in total. The minimum Gasteiger partial charge on any atom is -0.453 e. The van der Waals surface area contributed by atoms with E-state index < -0.39 is 6.09 Å². The van der Waals surface area contributed by atoms with Gasteiger partial charge in [0.25, 0.3) is 0 Å².